The zero-order valence-electron chi connectivity index (χ0n) is 9.18. The molecule has 0 unspecified atom stereocenters. The lowest BCUT2D eigenvalue weighted by atomic mass is 9.96. The molecule has 2 heteroatoms. The summed E-state index contributed by atoms with van der Waals surface area (Å²) in [5, 5.41) is 3.48. The molecule has 1 fully saturated rings. The van der Waals surface area contributed by atoms with Gasteiger partial charge in [0.05, 0.1) is 0 Å². The van der Waals surface area contributed by atoms with Crippen LogP contribution in [0.4, 0.5) is 0 Å². The molecule has 1 heterocycles. The second-order valence-corrected chi connectivity index (χ2v) is 4.03. The number of rotatable bonds is 5. The van der Waals surface area contributed by atoms with E-state index in [0.29, 0.717) is 0 Å². The number of hydrogen-bond acceptors (Lipinski definition) is 2. The van der Waals surface area contributed by atoms with Gasteiger partial charge in [-0.2, -0.15) is 0 Å². The van der Waals surface area contributed by atoms with Crippen molar-refractivity contribution in [2.24, 2.45) is 5.92 Å². The summed E-state index contributed by atoms with van der Waals surface area (Å²) in [6, 6.07) is 0. The predicted molar refractivity (Wildman–Crippen MR) is 58.0 cm³/mol. The summed E-state index contributed by atoms with van der Waals surface area (Å²) in [5.74, 6) is 0.939. The fraction of sp³-hybridized carbons (Fsp3) is 1.00. The zero-order chi connectivity index (χ0) is 9.52. The largest absolute Gasteiger partial charge is 0.316 e. The van der Waals surface area contributed by atoms with E-state index in [0.717, 1.165) is 5.92 Å². The average Bonchev–Trinajstić information content (AvgIpc) is 2.21. The Bertz CT molecular complexity index is 115. The fourth-order valence-corrected chi connectivity index (χ4v) is 2.08. The van der Waals surface area contributed by atoms with E-state index in [2.05, 4.69) is 24.1 Å². The lowest BCUT2D eigenvalue weighted by Gasteiger charge is -2.25. The molecule has 0 radical (unpaired) electrons. The van der Waals surface area contributed by atoms with Crippen LogP contribution in [0, 0.1) is 5.92 Å². The molecular weight excluding hydrogens is 160 g/mol. The van der Waals surface area contributed by atoms with E-state index < -0.39 is 0 Å². The van der Waals surface area contributed by atoms with E-state index >= 15 is 0 Å². The van der Waals surface area contributed by atoms with Crippen LogP contribution in [-0.2, 0) is 0 Å². The molecule has 0 bridgehead atoms. The minimum absolute atomic E-state index is 0.939. The van der Waals surface area contributed by atoms with Gasteiger partial charge in [0.2, 0.25) is 0 Å². The van der Waals surface area contributed by atoms with Gasteiger partial charge in [-0.1, -0.05) is 13.8 Å². The number of piperidine rings is 1. The molecule has 1 atom stereocenters. The maximum absolute atomic E-state index is 3.48. The monoisotopic (exact) mass is 184 g/mol. The Hall–Kier alpha value is -0.0800. The Morgan fingerprint density at radius 2 is 2.08 bits per heavy atom. The average molecular weight is 184 g/mol. The van der Waals surface area contributed by atoms with Gasteiger partial charge >= 0.3 is 0 Å². The van der Waals surface area contributed by atoms with Gasteiger partial charge in [0.15, 0.2) is 0 Å². The molecule has 1 aliphatic rings. The molecule has 0 aromatic rings. The number of nitrogens with zero attached hydrogens (tertiary/aromatic N) is 1. The quantitative estimate of drug-likeness (QED) is 0.700. The highest BCUT2D eigenvalue weighted by atomic mass is 15.1. The Kier molecular flexibility index (Phi) is 5.40. The molecule has 1 saturated heterocycles. The Labute approximate surface area is 82.7 Å². The molecule has 0 aromatic carbocycles. The third kappa shape index (κ3) is 4.10. The smallest absolute Gasteiger partial charge is 0.00159 e. The minimum atomic E-state index is 0.939. The summed E-state index contributed by atoms with van der Waals surface area (Å²) < 4.78 is 0. The third-order valence-electron chi connectivity index (χ3n) is 3.15. The standard InChI is InChI=1S/C11H24N2/c1-3-13(4-2)9-7-11-6-5-8-12-10-11/h11-12H,3-10H2,1-2H3/t11-/m1/s1. The van der Waals surface area contributed by atoms with Crippen LogP contribution in [0.1, 0.15) is 33.1 Å². The lowest BCUT2D eigenvalue weighted by molar-refractivity contribution is 0.255. The maximum Gasteiger partial charge on any atom is -0.00159 e. The summed E-state index contributed by atoms with van der Waals surface area (Å²) in [5.41, 5.74) is 0. The first-order valence-corrected chi connectivity index (χ1v) is 5.79. The molecule has 0 amide bonds. The molecular formula is C11H24N2. The maximum atomic E-state index is 3.48. The van der Waals surface area contributed by atoms with Gasteiger partial charge in [-0.05, 0) is 57.9 Å². The molecule has 1 aliphatic heterocycles. The fourth-order valence-electron chi connectivity index (χ4n) is 2.08. The molecule has 1 rings (SSSR count). The van der Waals surface area contributed by atoms with E-state index in [-0.39, 0.29) is 0 Å². The van der Waals surface area contributed by atoms with Gasteiger partial charge < -0.3 is 10.2 Å². The molecule has 0 aromatic heterocycles. The minimum Gasteiger partial charge on any atom is -0.316 e. The molecule has 0 aliphatic carbocycles. The molecule has 13 heavy (non-hydrogen) atoms. The Balaban J connectivity index is 2.09. The van der Waals surface area contributed by atoms with E-state index in [9.17, 15) is 0 Å². The van der Waals surface area contributed by atoms with Crippen LogP contribution in [0.25, 0.3) is 0 Å². The van der Waals surface area contributed by atoms with Crippen molar-refractivity contribution >= 4 is 0 Å². The van der Waals surface area contributed by atoms with Crippen molar-refractivity contribution in [3.05, 3.63) is 0 Å². The summed E-state index contributed by atoms with van der Waals surface area (Å²) >= 11 is 0. The normalized spacial score (nSPS) is 23.8. The predicted octanol–water partition coefficient (Wildman–Crippen LogP) is 1.72. The van der Waals surface area contributed by atoms with Gasteiger partial charge in [-0.25, -0.2) is 0 Å². The van der Waals surface area contributed by atoms with Gasteiger partial charge in [-0.3, -0.25) is 0 Å². The molecule has 78 valence electrons. The van der Waals surface area contributed by atoms with E-state index in [1.165, 1.54) is 52.0 Å². The van der Waals surface area contributed by atoms with Crippen LogP contribution >= 0.6 is 0 Å². The highest BCUT2D eigenvalue weighted by Crippen LogP contribution is 2.14. The van der Waals surface area contributed by atoms with Crippen LogP contribution in [0.5, 0.6) is 0 Å². The second-order valence-electron chi connectivity index (χ2n) is 4.03. The van der Waals surface area contributed by atoms with Crippen LogP contribution in [0.2, 0.25) is 0 Å². The lowest BCUT2D eigenvalue weighted by Crippen LogP contribution is -2.33. The van der Waals surface area contributed by atoms with Gasteiger partial charge in [-0.15, -0.1) is 0 Å². The van der Waals surface area contributed by atoms with Crippen molar-refractivity contribution in [2.75, 3.05) is 32.7 Å². The molecule has 0 spiro atoms. The van der Waals surface area contributed by atoms with E-state index in [1.54, 1.807) is 0 Å². The zero-order valence-corrected chi connectivity index (χ0v) is 9.18. The molecule has 1 N–H and O–H groups in total. The van der Waals surface area contributed by atoms with Crippen LogP contribution < -0.4 is 5.32 Å². The highest BCUT2D eigenvalue weighted by molar-refractivity contribution is 4.70. The summed E-state index contributed by atoms with van der Waals surface area (Å²) in [4.78, 5) is 2.52. The van der Waals surface area contributed by atoms with Crippen molar-refractivity contribution in [2.45, 2.75) is 33.1 Å². The van der Waals surface area contributed by atoms with Crippen molar-refractivity contribution in [3.63, 3.8) is 0 Å². The van der Waals surface area contributed by atoms with Crippen LogP contribution in [0.15, 0.2) is 0 Å². The molecule has 2 nitrogen and oxygen atoms in total. The van der Waals surface area contributed by atoms with Crippen molar-refractivity contribution in [1.29, 1.82) is 0 Å². The van der Waals surface area contributed by atoms with Gasteiger partial charge in [0, 0.05) is 0 Å². The van der Waals surface area contributed by atoms with E-state index in [1.807, 2.05) is 0 Å². The molecule has 0 saturated carbocycles. The van der Waals surface area contributed by atoms with Crippen LogP contribution in [0.3, 0.4) is 0 Å². The first-order valence-electron chi connectivity index (χ1n) is 5.79. The highest BCUT2D eigenvalue weighted by Gasteiger charge is 2.13. The first kappa shape index (κ1) is 11.0. The Morgan fingerprint density at radius 1 is 1.31 bits per heavy atom. The summed E-state index contributed by atoms with van der Waals surface area (Å²) in [7, 11) is 0. The van der Waals surface area contributed by atoms with Gasteiger partial charge in [0.1, 0.15) is 0 Å². The van der Waals surface area contributed by atoms with Crippen molar-refractivity contribution in [3.8, 4) is 0 Å². The van der Waals surface area contributed by atoms with Crippen molar-refractivity contribution in [1.82, 2.24) is 10.2 Å². The summed E-state index contributed by atoms with van der Waals surface area (Å²) in [6.07, 6.45) is 4.20. The van der Waals surface area contributed by atoms with E-state index in [4.69, 9.17) is 0 Å². The topological polar surface area (TPSA) is 15.3 Å². The second kappa shape index (κ2) is 6.39. The first-order chi connectivity index (χ1) is 6.36. The Morgan fingerprint density at radius 3 is 2.62 bits per heavy atom. The summed E-state index contributed by atoms with van der Waals surface area (Å²) in [6.45, 7) is 10.7. The number of hydrogen-bond donors (Lipinski definition) is 1. The SMILES string of the molecule is CCN(CC)CC[C@H]1CCCNC1. The third-order valence-corrected chi connectivity index (χ3v) is 3.15. The number of nitrogens with one attached hydrogen (secondary N) is 1. The van der Waals surface area contributed by atoms with Crippen molar-refractivity contribution < 1.29 is 0 Å². The van der Waals surface area contributed by atoms with Crippen LogP contribution in [-0.4, -0.2) is 37.6 Å². The van der Waals surface area contributed by atoms with Gasteiger partial charge in [0.25, 0.3) is 0 Å².